The van der Waals surface area contributed by atoms with Crippen molar-refractivity contribution >= 4 is 5.69 Å². The van der Waals surface area contributed by atoms with Gasteiger partial charge < -0.3 is 10.2 Å². The monoisotopic (exact) mass is 230 g/mol. The number of rotatable bonds is 2. The molecule has 0 spiro atoms. The average Bonchev–Trinajstić information content (AvgIpc) is 2.71. The molecule has 2 heteroatoms. The maximum atomic E-state index is 3.79. The Morgan fingerprint density at radius 2 is 2.00 bits per heavy atom. The zero-order chi connectivity index (χ0) is 11.8. The number of hydrogen-bond donors (Lipinski definition) is 1. The van der Waals surface area contributed by atoms with Crippen LogP contribution < -0.4 is 5.32 Å². The fourth-order valence-corrected chi connectivity index (χ4v) is 3.25. The minimum Gasteiger partial charge on any atom is -0.382 e. The van der Waals surface area contributed by atoms with Crippen LogP contribution in [0.4, 0.5) is 5.69 Å². The number of hydrogen-bond acceptors (Lipinski definition) is 2. The van der Waals surface area contributed by atoms with Crippen molar-refractivity contribution in [2.24, 2.45) is 5.92 Å². The summed E-state index contributed by atoms with van der Waals surface area (Å²) in [5, 5.41) is 3.79. The molecule has 0 saturated carbocycles. The second-order valence-electron chi connectivity index (χ2n) is 5.64. The molecular formula is C15H22N2. The third-order valence-corrected chi connectivity index (χ3v) is 4.58. The SMILES string of the molecule is Cc1cccc(NC2CCN3CCC2C3)c1C. The predicted molar refractivity (Wildman–Crippen MR) is 72.5 cm³/mol. The van der Waals surface area contributed by atoms with Gasteiger partial charge in [0.05, 0.1) is 0 Å². The molecule has 2 heterocycles. The van der Waals surface area contributed by atoms with Crippen molar-refractivity contribution in [3.05, 3.63) is 29.3 Å². The first-order valence-electron chi connectivity index (χ1n) is 6.79. The lowest BCUT2D eigenvalue weighted by atomic mass is 9.93. The third kappa shape index (κ3) is 2.06. The van der Waals surface area contributed by atoms with E-state index >= 15 is 0 Å². The van der Waals surface area contributed by atoms with Crippen LogP contribution in [-0.2, 0) is 0 Å². The first-order chi connectivity index (χ1) is 8.24. The molecule has 1 aromatic rings. The molecule has 2 saturated heterocycles. The second kappa shape index (κ2) is 4.34. The molecule has 3 unspecified atom stereocenters. The highest BCUT2D eigenvalue weighted by atomic mass is 15.2. The molecule has 2 nitrogen and oxygen atoms in total. The summed E-state index contributed by atoms with van der Waals surface area (Å²) in [6, 6.07) is 7.27. The van der Waals surface area contributed by atoms with Crippen LogP contribution in [0, 0.1) is 19.8 Å². The molecule has 3 atom stereocenters. The van der Waals surface area contributed by atoms with Gasteiger partial charge in [-0.05, 0) is 56.3 Å². The van der Waals surface area contributed by atoms with Gasteiger partial charge in [0.25, 0.3) is 0 Å². The van der Waals surface area contributed by atoms with E-state index in [-0.39, 0.29) is 0 Å². The molecule has 0 aliphatic carbocycles. The molecule has 1 N–H and O–H groups in total. The van der Waals surface area contributed by atoms with Gasteiger partial charge in [-0.3, -0.25) is 0 Å². The Hall–Kier alpha value is -1.02. The fourth-order valence-electron chi connectivity index (χ4n) is 3.25. The highest BCUT2D eigenvalue weighted by molar-refractivity contribution is 5.54. The van der Waals surface area contributed by atoms with Gasteiger partial charge >= 0.3 is 0 Å². The summed E-state index contributed by atoms with van der Waals surface area (Å²) >= 11 is 0. The van der Waals surface area contributed by atoms with Crippen molar-refractivity contribution in [3.8, 4) is 0 Å². The third-order valence-electron chi connectivity index (χ3n) is 4.58. The number of aryl methyl sites for hydroxylation is 1. The highest BCUT2D eigenvalue weighted by Crippen LogP contribution is 2.30. The molecule has 2 aliphatic heterocycles. The van der Waals surface area contributed by atoms with Crippen LogP contribution >= 0.6 is 0 Å². The lowest BCUT2D eigenvalue weighted by Gasteiger charge is -2.32. The number of nitrogens with one attached hydrogen (secondary N) is 1. The number of anilines is 1. The van der Waals surface area contributed by atoms with Gasteiger partial charge in [-0.15, -0.1) is 0 Å². The molecular weight excluding hydrogens is 208 g/mol. The smallest absolute Gasteiger partial charge is 0.0374 e. The molecule has 3 rings (SSSR count). The average molecular weight is 230 g/mol. The fraction of sp³-hybridized carbons (Fsp3) is 0.600. The predicted octanol–water partition coefficient (Wildman–Crippen LogP) is 2.81. The first-order valence-corrected chi connectivity index (χ1v) is 6.79. The van der Waals surface area contributed by atoms with E-state index in [9.17, 15) is 0 Å². The largest absolute Gasteiger partial charge is 0.382 e. The van der Waals surface area contributed by atoms with Crippen molar-refractivity contribution in [2.75, 3.05) is 25.0 Å². The molecule has 0 aromatic heterocycles. The molecule has 0 amide bonds. The van der Waals surface area contributed by atoms with Gasteiger partial charge in [0.15, 0.2) is 0 Å². The van der Waals surface area contributed by atoms with Crippen LogP contribution in [-0.4, -0.2) is 30.6 Å². The minimum absolute atomic E-state index is 0.689. The summed E-state index contributed by atoms with van der Waals surface area (Å²) in [6.45, 7) is 8.32. The number of nitrogens with zero attached hydrogens (tertiary/aromatic N) is 1. The van der Waals surface area contributed by atoms with Gasteiger partial charge in [0.2, 0.25) is 0 Å². The Labute approximate surface area is 104 Å². The van der Waals surface area contributed by atoms with Crippen molar-refractivity contribution in [3.63, 3.8) is 0 Å². The maximum absolute atomic E-state index is 3.79. The molecule has 17 heavy (non-hydrogen) atoms. The minimum atomic E-state index is 0.689. The zero-order valence-corrected chi connectivity index (χ0v) is 10.9. The van der Waals surface area contributed by atoms with Crippen LogP contribution in [0.5, 0.6) is 0 Å². The van der Waals surface area contributed by atoms with Crippen LogP contribution in [0.15, 0.2) is 18.2 Å². The molecule has 1 aromatic carbocycles. The van der Waals surface area contributed by atoms with E-state index in [1.807, 2.05) is 0 Å². The topological polar surface area (TPSA) is 15.3 Å². The van der Waals surface area contributed by atoms with Gasteiger partial charge in [0.1, 0.15) is 0 Å². The summed E-state index contributed by atoms with van der Waals surface area (Å²) in [6.07, 6.45) is 2.68. The van der Waals surface area contributed by atoms with Gasteiger partial charge in [-0.25, -0.2) is 0 Å². The first kappa shape index (κ1) is 11.1. The Morgan fingerprint density at radius 1 is 1.18 bits per heavy atom. The lowest BCUT2D eigenvalue weighted by molar-refractivity contribution is 0.255. The molecule has 92 valence electrons. The molecule has 0 radical (unpaired) electrons. The number of benzene rings is 1. The second-order valence-corrected chi connectivity index (χ2v) is 5.64. The van der Waals surface area contributed by atoms with E-state index in [4.69, 9.17) is 0 Å². The molecule has 2 aliphatic rings. The van der Waals surface area contributed by atoms with Crippen LogP contribution in [0.3, 0.4) is 0 Å². The Morgan fingerprint density at radius 3 is 2.88 bits per heavy atom. The van der Waals surface area contributed by atoms with E-state index in [2.05, 4.69) is 42.3 Å². The quantitative estimate of drug-likeness (QED) is 0.840. The summed E-state index contributed by atoms with van der Waals surface area (Å²) in [4.78, 5) is 2.60. The van der Waals surface area contributed by atoms with Crippen molar-refractivity contribution in [1.82, 2.24) is 4.90 Å². The Kier molecular flexibility index (Phi) is 2.83. The van der Waals surface area contributed by atoms with Gasteiger partial charge in [-0.2, -0.15) is 0 Å². The van der Waals surface area contributed by atoms with E-state index in [0.29, 0.717) is 6.04 Å². The van der Waals surface area contributed by atoms with E-state index in [1.165, 1.54) is 49.3 Å². The maximum Gasteiger partial charge on any atom is 0.0374 e. The van der Waals surface area contributed by atoms with Crippen molar-refractivity contribution in [1.29, 1.82) is 0 Å². The van der Waals surface area contributed by atoms with Crippen molar-refractivity contribution in [2.45, 2.75) is 32.7 Å². The summed E-state index contributed by atoms with van der Waals surface area (Å²) < 4.78 is 0. The molecule has 2 fully saturated rings. The van der Waals surface area contributed by atoms with Crippen LogP contribution in [0.2, 0.25) is 0 Å². The van der Waals surface area contributed by atoms with E-state index in [0.717, 1.165) is 5.92 Å². The molecule has 2 bridgehead atoms. The standard InChI is InChI=1S/C15H22N2/c1-11-4-3-5-14(12(11)2)16-15-7-9-17-8-6-13(15)10-17/h3-5,13,15-16H,6-10H2,1-2H3. The van der Waals surface area contributed by atoms with Crippen LogP contribution in [0.1, 0.15) is 24.0 Å². The highest BCUT2D eigenvalue weighted by Gasteiger charge is 2.34. The Balaban J connectivity index is 1.76. The van der Waals surface area contributed by atoms with Gasteiger partial charge in [-0.1, -0.05) is 12.1 Å². The summed E-state index contributed by atoms with van der Waals surface area (Å²) in [7, 11) is 0. The normalized spacial score (nSPS) is 31.5. The Bertz CT molecular complexity index is 413. The van der Waals surface area contributed by atoms with Crippen LogP contribution in [0.25, 0.3) is 0 Å². The summed E-state index contributed by atoms with van der Waals surface area (Å²) in [5.74, 6) is 0.865. The van der Waals surface area contributed by atoms with Crippen molar-refractivity contribution < 1.29 is 0 Å². The zero-order valence-electron chi connectivity index (χ0n) is 10.9. The van der Waals surface area contributed by atoms with E-state index < -0.39 is 0 Å². The lowest BCUT2D eigenvalue weighted by Crippen LogP contribution is -2.39. The van der Waals surface area contributed by atoms with Gasteiger partial charge in [0, 0.05) is 24.8 Å². The number of piperidine rings is 1. The summed E-state index contributed by atoms with van der Waals surface area (Å²) in [5.41, 5.74) is 4.14. The van der Waals surface area contributed by atoms with E-state index in [1.54, 1.807) is 0 Å². The number of fused-ring (bicyclic) bond motifs is 2.